The molecule has 2 aliphatic carbocycles. The maximum absolute atomic E-state index is 11.9. The minimum Gasteiger partial charge on any atom is -0.469 e. The standard InChI is InChI=1S/C31H58O3/c1-10-22(3)13-12-18-31(8,11-2)27-20-26(30(5,6)7)19-23(4)28(27)34-21-24-14-16-25(17-15-24)29(32)33-9/h22-28H,10-21H2,1-9H3. The molecule has 0 N–H and O–H groups in total. The lowest BCUT2D eigenvalue weighted by molar-refractivity contribution is -0.148. The molecular formula is C31H58O3. The molecule has 0 aromatic heterocycles. The highest BCUT2D eigenvalue weighted by atomic mass is 16.5. The first-order chi connectivity index (χ1) is 15.9. The van der Waals surface area contributed by atoms with Crippen molar-refractivity contribution in [2.45, 2.75) is 132 Å². The van der Waals surface area contributed by atoms with Crippen LogP contribution in [0.5, 0.6) is 0 Å². The molecule has 2 saturated carbocycles. The van der Waals surface area contributed by atoms with Gasteiger partial charge in [-0.15, -0.1) is 0 Å². The van der Waals surface area contributed by atoms with Gasteiger partial charge in [-0.25, -0.2) is 0 Å². The molecule has 2 fully saturated rings. The summed E-state index contributed by atoms with van der Waals surface area (Å²) in [6.07, 6.45) is 13.6. The molecule has 0 spiro atoms. The molecule has 0 amide bonds. The van der Waals surface area contributed by atoms with E-state index in [9.17, 15) is 4.79 Å². The van der Waals surface area contributed by atoms with Gasteiger partial charge < -0.3 is 9.47 Å². The molecule has 0 heterocycles. The molecule has 2 rings (SSSR count). The Hall–Kier alpha value is -0.570. The Kier molecular flexibility index (Phi) is 11.4. The Labute approximate surface area is 212 Å². The topological polar surface area (TPSA) is 35.5 Å². The molecule has 0 aromatic carbocycles. The SMILES string of the molecule is CCC(C)CCCC(C)(CC)C1CC(C(C)(C)C)CC(C)C1OCC1CCC(C(=O)OC)CC1. The first kappa shape index (κ1) is 29.7. The Morgan fingerprint density at radius 1 is 1.03 bits per heavy atom. The number of ether oxygens (including phenoxy) is 2. The van der Waals surface area contributed by atoms with Gasteiger partial charge in [-0.05, 0) is 85.4 Å². The highest BCUT2D eigenvalue weighted by Gasteiger charge is 2.47. The second kappa shape index (κ2) is 13.1. The van der Waals surface area contributed by atoms with Crippen molar-refractivity contribution in [3.63, 3.8) is 0 Å². The third kappa shape index (κ3) is 7.97. The van der Waals surface area contributed by atoms with Gasteiger partial charge in [0.1, 0.15) is 0 Å². The molecule has 0 aromatic rings. The van der Waals surface area contributed by atoms with Gasteiger partial charge in [-0.1, -0.05) is 81.1 Å². The van der Waals surface area contributed by atoms with Crippen LogP contribution in [0.25, 0.3) is 0 Å². The third-order valence-electron chi connectivity index (χ3n) is 10.1. The zero-order valence-corrected chi connectivity index (χ0v) is 24.3. The first-order valence-corrected chi connectivity index (χ1v) is 14.6. The summed E-state index contributed by atoms with van der Waals surface area (Å²) in [4.78, 5) is 11.9. The van der Waals surface area contributed by atoms with Gasteiger partial charge in [0.2, 0.25) is 0 Å². The summed E-state index contributed by atoms with van der Waals surface area (Å²) in [7, 11) is 1.51. The van der Waals surface area contributed by atoms with Crippen molar-refractivity contribution in [1.29, 1.82) is 0 Å². The molecule has 0 aliphatic heterocycles. The Bertz CT molecular complexity index is 600. The van der Waals surface area contributed by atoms with Crippen molar-refractivity contribution in [2.24, 2.45) is 46.3 Å². The van der Waals surface area contributed by atoms with Gasteiger partial charge >= 0.3 is 5.97 Å². The van der Waals surface area contributed by atoms with Gasteiger partial charge in [0, 0.05) is 6.61 Å². The Morgan fingerprint density at radius 2 is 1.68 bits per heavy atom. The molecule has 34 heavy (non-hydrogen) atoms. The number of methoxy groups -OCH3 is 1. The fourth-order valence-electron chi connectivity index (χ4n) is 6.85. The van der Waals surface area contributed by atoms with E-state index < -0.39 is 0 Å². The fourth-order valence-corrected chi connectivity index (χ4v) is 6.85. The van der Waals surface area contributed by atoms with Gasteiger partial charge in [-0.3, -0.25) is 4.79 Å². The Morgan fingerprint density at radius 3 is 2.21 bits per heavy atom. The van der Waals surface area contributed by atoms with E-state index in [1.165, 1.54) is 52.1 Å². The molecule has 3 nitrogen and oxygen atoms in total. The predicted octanol–water partition coefficient (Wildman–Crippen LogP) is 8.69. The lowest BCUT2D eigenvalue weighted by Crippen LogP contribution is -2.48. The molecule has 2 aliphatic rings. The van der Waals surface area contributed by atoms with E-state index in [-0.39, 0.29) is 11.9 Å². The van der Waals surface area contributed by atoms with E-state index in [2.05, 4.69) is 55.4 Å². The molecular weight excluding hydrogens is 420 g/mol. The van der Waals surface area contributed by atoms with Gasteiger partial charge in [0.05, 0.1) is 19.1 Å². The average molecular weight is 479 g/mol. The van der Waals surface area contributed by atoms with Crippen LogP contribution in [0.1, 0.15) is 126 Å². The highest BCUT2D eigenvalue weighted by molar-refractivity contribution is 5.72. The van der Waals surface area contributed by atoms with Crippen molar-refractivity contribution >= 4 is 5.97 Å². The summed E-state index contributed by atoms with van der Waals surface area (Å²) < 4.78 is 11.9. The van der Waals surface area contributed by atoms with E-state index >= 15 is 0 Å². The van der Waals surface area contributed by atoms with Crippen LogP contribution in [-0.2, 0) is 14.3 Å². The molecule has 6 atom stereocenters. The lowest BCUT2D eigenvalue weighted by Gasteiger charge is -2.52. The van der Waals surface area contributed by atoms with Crippen LogP contribution in [0, 0.1) is 46.3 Å². The van der Waals surface area contributed by atoms with Gasteiger partial charge in [0.25, 0.3) is 0 Å². The summed E-state index contributed by atoms with van der Waals surface area (Å²) in [6, 6.07) is 0. The number of esters is 1. The number of carbonyl (C=O) groups is 1. The van der Waals surface area contributed by atoms with E-state index in [0.29, 0.717) is 34.7 Å². The maximum Gasteiger partial charge on any atom is 0.308 e. The van der Waals surface area contributed by atoms with Crippen LogP contribution >= 0.6 is 0 Å². The van der Waals surface area contributed by atoms with Crippen LogP contribution in [0.3, 0.4) is 0 Å². The van der Waals surface area contributed by atoms with E-state index in [4.69, 9.17) is 9.47 Å². The minimum absolute atomic E-state index is 0.0235. The first-order valence-electron chi connectivity index (χ1n) is 14.6. The smallest absolute Gasteiger partial charge is 0.308 e. The zero-order valence-electron chi connectivity index (χ0n) is 24.3. The lowest BCUT2D eigenvalue weighted by atomic mass is 9.56. The molecule has 3 heteroatoms. The molecule has 0 radical (unpaired) electrons. The van der Waals surface area contributed by atoms with E-state index in [1.807, 2.05) is 0 Å². The summed E-state index contributed by atoms with van der Waals surface area (Å²) in [5.41, 5.74) is 0.702. The van der Waals surface area contributed by atoms with Crippen molar-refractivity contribution < 1.29 is 14.3 Å². The Balaban J connectivity index is 2.09. The monoisotopic (exact) mass is 478 g/mol. The summed E-state index contributed by atoms with van der Waals surface area (Å²) in [6.45, 7) is 20.4. The van der Waals surface area contributed by atoms with E-state index in [0.717, 1.165) is 44.1 Å². The largest absolute Gasteiger partial charge is 0.469 e. The summed E-state index contributed by atoms with van der Waals surface area (Å²) in [5, 5.41) is 0. The molecule has 0 saturated heterocycles. The quantitative estimate of drug-likeness (QED) is 0.279. The normalized spacial score (nSPS) is 33.2. The number of rotatable bonds is 11. The number of hydrogen-bond acceptors (Lipinski definition) is 3. The summed E-state index contributed by atoms with van der Waals surface area (Å²) >= 11 is 0. The van der Waals surface area contributed by atoms with Gasteiger partial charge in [-0.2, -0.15) is 0 Å². The van der Waals surface area contributed by atoms with Crippen LogP contribution in [0.2, 0.25) is 0 Å². The second-order valence-electron chi connectivity index (χ2n) is 13.6. The predicted molar refractivity (Wildman–Crippen MR) is 144 cm³/mol. The molecule has 200 valence electrons. The average Bonchev–Trinajstić information content (AvgIpc) is 2.81. The zero-order chi connectivity index (χ0) is 25.5. The number of hydrogen-bond donors (Lipinski definition) is 0. The number of carbonyl (C=O) groups excluding carboxylic acids is 1. The van der Waals surface area contributed by atoms with Crippen molar-refractivity contribution in [3.8, 4) is 0 Å². The van der Waals surface area contributed by atoms with Crippen molar-refractivity contribution in [1.82, 2.24) is 0 Å². The van der Waals surface area contributed by atoms with Crippen molar-refractivity contribution in [3.05, 3.63) is 0 Å². The molecule has 0 bridgehead atoms. The van der Waals surface area contributed by atoms with Crippen LogP contribution in [-0.4, -0.2) is 25.8 Å². The van der Waals surface area contributed by atoms with Crippen LogP contribution < -0.4 is 0 Å². The minimum atomic E-state index is -0.0235. The van der Waals surface area contributed by atoms with Crippen LogP contribution in [0.15, 0.2) is 0 Å². The highest BCUT2D eigenvalue weighted by Crippen LogP contribution is 2.52. The van der Waals surface area contributed by atoms with Crippen LogP contribution in [0.4, 0.5) is 0 Å². The fraction of sp³-hybridized carbons (Fsp3) is 0.968. The van der Waals surface area contributed by atoms with E-state index in [1.54, 1.807) is 0 Å². The summed E-state index contributed by atoms with van der Waals surface area (Å²) in [5.74, 6) is 3.51. The maximum atomic E-state index is 11.9. The second-order valence-corrected chi connectivity index (χ2v) is 13.6. The third-order valence-corrected chi connectivity index (χ3v) is 10.1. The van der Waals surface area contributed by atoms with Crippen molar-refractivity contribution in [2.75, 3.05) is 13.7 Å². The van der Waals surface area contributed by atoms with Gasteiger partial charge in [0.15, 0.2) is 0 Å². The molecule has 6 unspecified atom stereocenters.